The van der Waals surface area contributed by atoms with Gasteiger partial charge < -0.3 is 14.6 Å². The molecule has 0 saturated carbocycles. The van der Waals surface area contributed by atoms with Crippen LogP contribution >= 0.6 is 0 Å². The lowest BCUT2D eigenvalue weighted by atomic mass is 10.0. The van der Waals surface area contributed by atoms with Gasteiger partial charge in [-0.3, -0.25) is 4.79 Å². The van der Waals surface area contributed by atoms with Gasteiger partial charge in [0.15, 0.2) is 0 Å². The number of carbonyl (C=O) groups is 1. The maximum Gasteiger partial charge on any atom is 0.133 e. The minimum absolute atomic E-state index is 0.0268. The predicted octanol–water partition coefficient (Wildman–Crippen LogP) is 1.79. The molecule has 0 aliphatic carbocycles. The molecule has 1 N–H and O–H groups in total. The maximum atomic E-state index is 11.4. The van der Waals surface area contributed by atoms with Gasteiger partial charge in [0.25, 0.3) is 0 Å². The lowest BCUT2D eigenvalue weighted by Gasteiger charge is -2.15. The molecule has 0 rings (SSSR count). The van der Waals surface area contributed by atoms with Crippen molar-refractivity contribution in [1.82, 2.24) is 0 Å². The summed E-state index contributed by atoms with van der Waals surface area (Å²) in [5.74, 6) is 0.599. The summed E-state index contributed by atoms with van der Waals surface area (Å²) in [6.07, 6.45) is 0.909. The van der Waals surface area contributed by atoms with Gasteiger partial charge in [-0.15, -0.1) is 0 Å². The average Bonchev–Trinajstić information content (AvgIpc) is 2.23. The molecule has 0 aromatic carbocycles. The standard InChI is InChI=1S/C13H26O4/c1-10(2)7-12(14)5-6-13(15)9-17-11(3)8-16-4/h10-11,13,15H,5-9H2,1-4H3. The van der Waals surface area contributed by atoms with Crippen molar-refractivity contribution in [2.24, 2.45) is 5.92 Å². The summed E-state index contributed by atoms with van der Waals surface area (Å²) in [6.45, 7) is 6.70. The highest BCUT2D eigenvalue weighted by molar-refractivity contribution is 5.78. The number of carbonyl (C=O) groups excluding carboxylic acids is 1. The topological polar surface area (TPSA) is 55.8 Å². The molecule has 0 aromatic heterocycles. The summed E-state index contributed by atoms with van der Waals surface area (Å²) in [5.41, 5.74) is 0. The maximum absolute atomic E-state index is 11.4. The first kappa shape index (κ1) is 16.6. The molecule has 4 heteroatoms. The molecule has 0 heterocycles. The first-order valence-corrected chi connectivity index (χ1v) is 6.26. The Morgan fingerprint density at radius 3 is 2.41 bits per heavy atom. The molecule has 0 amide bonds. The largest absolute Gasteiger partial charge is 0.391 e. The molecular weight excluding hydrogens is 220 g/mol. The van der Waals surface area contributed by atoms with Crippen molar-refractivity contribution < 1.29 is 19.4 Å². The Kier molecular flexibility index (Phi) is 9.31. The zero-order valence-electron chi connectivity index (χ0n) is 11.4. The second kappa shape index (κ2) is 9.57. The first-order valence-electron chi connectivity index (χ1n) is 6.26. The van der Waals surface area contributed by atoms with E-state index in [1.165, 1.54) is 0 Å². The Morgan fingerprint density at radius 1 is 1.24 bits per heavy atom. The van der Waals surface area contributed by atoms with Crippen molar-refractivity contribution in [1.29, 1.82) is 0 Å². The first-order chi connectivity index (χ1) is 7.95. The summed E-state index contributed by atoms with van der Waals surface area (Å²) in [5, 5.41) is 9.63. The molecule has 4 nitrogen and oxygen atoms in total. The molecule has 0 fully saturated rings. The minimum Gasteiger partial charge on any atom is -0.391 e. The molecule has 2 atom stereocenters. The smallest absolute Gasteiger partial charge is 0.133 e. The Morgan fingerprint density at radius 2 is 1.88 bits per heavy atom. The Labute approximate surface area is 104 Å². The number of aliphatic hydroxyl groups excluding tert-OH is 1. The van der Waals surface area contributed by atoms with Gasteiger partial charge in [0.2, 0.25) is 0 Å². The van der Waals surface area contributed by atoms with Gasteiger partial charge in [-0.2, -0.15) is 0 Å². The lowest BCUT2D eigenvalue weighted by Crippen LogP contribution is -2.23. The van der Waals surface area contributed by atoms with Crippen LogP contribution < -0.4 is 0 Å². The van der Waals surface area contributed by atoms with Crippen molar-refractivity contribution in [2.45, 2.75) is 52.2 Å². The zero-order valence-corrected chi connectivity index (χ0v) is 11.4. The van der Waals surface area contributed by atoms with Crippen LogP contribution in [0.5, 0.6) is 0 Å². The number of methoxy groups -OCH3 is 1. The van der Waals surface area contributed by atoms with E-state index in [0.29, 0.717) is 31.8 Å². The van der Waals surface area contributed by atoms with E-state index in [9.17, 15) is 9.90 Å². The number of rotatable bonds is 10. The number of ketones is 1. The van der Waals surface area contributed by atoms with Gasteiger partial charge in [0.1, 0.15) is 5.78 Å². The highest BCUT2D eigenvalue weighted by Crippen LogP contribution is 2.07. The molecular formula is C13H26O4. The van der Waals surface area contributed by atoms with E-state index in [-0.39, 0.29) is 18.5 Å². The number of ether oxygens (including phenoxy) is 2. The lowest BCUT2D eigenvalue weighted by molar-refractivity contribution is -0.120. The van der Waals surface area contributed by atoms with E-state index < -0.39 is 6.10 Å². The minimum atomic E-state index is -0.564. The molecule has 0 aliphatic rings. The summed E-state index contributed by atoms with van der Waals surface area (Å²) in [7, 11) is 1.61. The normalized spacial score (nSPS) is 14.9. The Balaban J connectivity index is 3.58. The molecule has 0 aromatic rings. The fourth-order valence-electron chi connectivity index (χ4n) is 1.53. The molecule has 0 saturated heterocycles. The van der Waals surface area contributed by atoms with Crippen LogP contribution in [0.25, 0.3) is 0 Å². The van der Waals surface area contributed by atoms with E-state index in [4.69, 9.17) is 9.47 Å². The third kappa shape index (κ3) is 10.4. The van der Waals surface area contributed by atoms with Gasteiger partial charge in [-0.05, 0) is 19.3 Å². The quantitative estimate of drug-likeness (QED) is 0.638. The zero-order chi connectivity index (χ0) is 13.3. The van der Waals surface area contributed by atoms with Crippen molar-refractivity contribution in [2.75, 3.05) is 20.3 Å². The SMILES string of the molecule is COCC(C)OCC(O)CCC(=O)CC(C)C. The number of aliphatic hydroxyl groups is 1. The van der Waals surface area contributed by atoms with Gasteiger partial charge in [0.05, 0.1) is 25.4 Å². The van der Waals surface area contributed by atoms with Crippen LogP contribution in [-0.4, -0.2) is 43.4 Å². The van der Waals surface area contributed by atoms with E-state index in [1.54, 1.807) is 7.11 Å². The molecule has 0 aliphatic heterocycles. The fourth-order valence-corrected chi connectivity index (χ4v) is 1.53. The monoisotopic (exact) mass is 246 g/mol. The fraction of sp³-hybridized carbons (Fsp3) is 0.923. The highest BCUT2D eigenvalue weighted by atomic mass is 16.5. The molecule has 102 valence electrons. The third-order valence-corrected chi connectivity index (χ3v) is 2.37. The summed E-state index contributed by atoms with van der Waals surface area (Å²) >= 11 is 0. The van der Waals surface area contributed by atoms with Crippen LogP contribution in [0.15, 0.2) is 0 Å². The van der Waals surface area contributed by atoms with Crippen molar-refractivity contribution in [3.05, 3.63) is 0 Å². The van der Waals surface area contributed by atoms with Crippen LogP contribution in [0, 0.1) is 5.92 Å². The number of hydrogen-bond acceptors (Lipinski definition) is 4. The van der Waals surface area contributed by atoms with Crippen molar-refractivity contribution in [3.63, 3.8) is 0 Å². The predicted molar refractivity (Wildman–Crippen MR) is 67.0 cm³/mol. The number of Topliss-reactive ketones (excluding diaryl/α,β-unsaturated/α-hetero) is 1. The van der Waals surface area contributed by atoms with E-state index in [1.807, 2.05) is 20.8 Å². The highest BCUT2D eigenvalue weighted by Gasteiger charge is 2.11. The second-order valence-electron chi connectivity index (χ2n) is 4.93. The van der Waals surface area contributed by atoms with Gasteiger partial charge in [-0.1, -0.05) is 13.8 Å². The van der Waals surface area contributed by atoms with Gasteiger partial charge in [0, 0.05) is 20.0 Å². The molecule has 0 spiro atoms. The summed E-state index contributed by atoms with van der Waals surface area (Å²) < 4.78 is 10.3. The van der Waals surface area contributed by atoms with Gasteiger partial charge >= 0.3 is 0 Å². The summed E-state index contributed by atoms with van der Waals surface area (Å²) in [6, 6.07) is 0. The Hall–Kier alpha value is -0.450. The van der Waals surface area contributed by atoms with Gasteiger partial charge in [-0.25, -0.2) is 0 Å². The molecule has 2 unspecified atom stereocenters. The van der Waals surface area contributed by atoms with Crippen LogP contribution in [0.2, 0.25) is 0 Å². The molecule has 17 heavy (non-hydrogen) atoms. The summed E-state index contributed by atoms with van der Waals surface area (Å²) in [4.78, 5) is 11.4. The van der Waals surface area contributed by atoms with E-state index in [0.717, 1.165) is 0 Å². The number of hydrogen-bond donors (Lipinski definition) is 1. The van der Waals surface area contributed by atoms with Crippen LogP contribution in [0.4, 0.5) is 0 Å². The second-order valence-corrected chi connectivity index (χ2v) is 4.93. The van der Waals surface area contributed by atoms with Crippen LogP contribution in [-0.2, 0) is 14.3 Å². The third-order valence-electron chi connectivity index (χ3n) is 2.37. The Bertz CT molecular complexity index is 204. The molecule has 0 radical (unpaired) electrons. The van der Waals surface area contributed by atoms with Crippen molar-refractivity contribution >= 4 is 5.78 Å². The molecule has 0 bridgehead atoms. The van der Waals surface area contributed by atoms with E-state index in [2.05, 4.69) is 0 Å². The van der Waals surface area contributed by atoms with Crippen LogP contribution in [0.3, 0.4) is 0 Å². The van der Waals surface area contributed by atoms with Crippen LogP contribution in [0.1, 0.15) is 40.0 Å². The van der Waals surface area contributed by atoms with Crippen molar-refractivity contribution in [3.8, 4) is 0 Å². The average molecular weight is 246 g/mol. The van der Waals surface area contributed by atoms with E-state index >= 15 is 0 Å².